The number of aromatic nitrogens is 2. The molecule has 0 amide bonds. The first-order chi connectivity index (χ1) is 8.95. The van der Waals surface area contributed by atoms with Crippen LogP contribution in [-0.4, -0.2) is 21.3 Å². The van der Waals surface area contributed by atoms with Gasteiger partial charge in [-0.2, -0.15) is 0 Å². The summed E-state index contributed by atoms with van der Waals surface area (Å²) in [4.78, 5) is 24.9. The first-order valence-corrected chi connectivity index (χ1v) is 6.58. The summed E-state index contributed by atoms with van der Waals surface area (Å²) in [6, 6.07) is 1.19. The minimum absolute atomic E-state index is 0.300. The van der Waals surface area contributed by atoms with Gasteiger partial charge in [-0.15, -0.1) is 0 Å². The lowest BCUT2D eigenvalue weighted by atomic mass is 9.83. The molecule has 106 valence electrons. The Hall–Kier alpha value is -1.43. The van der Waals surface area contributed by atoms with Crippen LogP contribution in [0.4, 0.5) is 4.39 Å². The highest BCUT2D eigenvalue weighted by molar-refractivity contribution is 4.98. The number of H-pyrrole nitrogens is 1. The zero-order valence-electron chi connectivity index (χ0n) is 11.4. The van der Waals surface area contributed by atoms with Crippen LogP contribution in [0.15, 0.2) is 21.9 Å². The SMILES string of the molecule is CCC1(CC)O[C@@H](n2ccc(=O)[nH]c2=O)[C@H](F)[C@@H]1C. The van der Waals surface area contributed by atoms with E-state index in [1.54, 1.807) is 6.92 Å². The molecule has 1 N–H and O–H groups in total. The van der Waals surface area contributed by atoms with E-state index in [1.807, 2.05) is 13.8 Å². The van der Waals surface area contributed by atoms with Crippen LogP contribution >= 0.6 is 0 Å². The number of aromatic amines is 1. The standard InChI is InChI=1S/C13H19FN2O3/c1-4-13(5-2)8(3)10(14)11(19-13)16-7-6-9(17)15-12(16)18/h6-8,10-11H,4-5H2,1-3H3,(H,15,17,18)/t8-,10+,11+/m0/s1. The maximum Gasteiger partial charge on any atom is 0.330 e. The van der Waals surface area contributed by atoms with Gasteiger partial charge in [-0.05, 0) is 12.8 Å². The molecule has 1 aromatic heterocycles. The Morgan fingerprint density at radius 2 is 2.05 bits per heavy atom. The molecule has 5 nitrogen and oxygen atoms in total. The van der Waals surface area contributed by atoms with E-state index >= 15 is 0 Å². The van der Waals surface area contributed by atoms with E-state index in [9.17, 15) is 14.0 Å². The second-order valence-electron chi connectivity index (χ2n) is 5.03. The number of hydrogen-bond acceptors (Lipinski definition) is 3. The Balaban J connectivity index is 2.42. The number of ether oxygens (including phenoxy) is 1. The van der Waals surface area contributed by atoms with Gasteiger partial charge in [0, 0.05) is 18.2 Å². The topological polar surface area (TPSA) is 64.1 Å². The van der Waals surface area contributed by atoms with Crippen molar-refractivity contribution in [1.29, 1.82) is 0 Å². The predicted octanol–water partition coefficient (Wildman–Crippen LogP) is 1.60. The van der Waals surface area contributed by atoms with E-state index in [-0.39, 0.29) is 5.92 Å². The monoisotopic (exact) mass is 270 g/mol. The molecule has 1 aliphatic heterocycles. The summed E-state index contributed by atoms with van der Waals surface area (Å²) in [6.45, 7) is 5.70. The lowest BCUT2D eigenvalue weighted by Crippen LogP contribution is -2.35. The quantitative estimate of drug-likeness (QED) is 0.907. The van der Waals surface area contributed by atoms with Crippen LogP contribution in [0.5, 0.6) is 0 Å². The highest BCUT2D eigenvalue weighted by atomic mass is 19.1. The summed E-state index contributed by atoms with van der Waals surface area (Å²) in [5, 5.41) is 0. The molecule has 19 heavy (non-hydrogen) atoms. The molecule has 0 aliphatic carbocycles. The predicted molar refractivity (Wildman–Crippen MR) is 68.8 cm³/mol. The average molecular weight is 270 g/mol. The molecule has 0 spiro atoms. The fourth-order valence-electron chi connectivity index (χ4n) is 2.85. The Bertz CT molecular complexity index is 561. The lowest BCUT2D eigenvalue weighted by Gasteiger charge is -2.30. The molecule has 1 aromatic rings. The van der Waals surface area contributed by atoms with Crippen molar-refractivity contribution in [3.8, 4) is 0 Å². The van der Waals surface area contributed by atoms with Gasteiger partial charge in [-0.1, -0.05) is 20.8 Å². The highest BCUT2D eigenvalue weighted by Crippen LogP contribution is 2.46. The smallest absolute Gasteiger partial charge is 0.330 e. The van der Waals surface area contributed by atoms with Gasteiger partial charge in [0.1, 0.15) is 0 Å². The van der Waals surface area contributed by atoms with E-state index in [0.29, 0.717) is 12.8 Å². The zero-order valence-corrected chi connectivity index (χ0v) is 11.4. The maximum absolute atomic E-state index is 14.4. The first kappa shape index (κ1) is 14.0. The fourth-order valence-corrected chi connectivity index (χ4v) is 2.85. The van der Waals surface area contributed by atoms with Crippen molar-refractivity contribution < 1.29 is 9.13 Å². The molecule has 0 unspecified atom stereocenters. The Labute approximate surface area is 110 Å². The van der Waals surface area contributed by atoms with Crippen LogP contribution in [0.25, 0.3) is 0 Å². The van der Waals surface area contributed by atoms with Crippen LogP contribution in [-0.2, 0) is 4.74 Å². The van der Waals surface area contributed by atoms with Gasteiger partial charge < -0.3 is 4.74 Å². The Morgan fingerprint density at radius 3 is 2.53 bits per heavy atom. The van der Waals surface area contributed by atoms with Crippen molar-refractivity contribution in [3.63, 3.8) is 0 Å². The number of nitrogens with zero attached hydrogens (tertiary/aromatic N) is 1. The fraction of sp³-hybridized carbons (Fsp3) is 0.692. The summed E-state index contributed by atoms with van der Waals surface area (Å²) < 4.78 is 21.4. The van der Waals surface area contributed by atoms with Crippen molar-refractivity contribution in [2.75, 3.05) is 0 Å². The molecule has 0 aromatic carbocycles. The number of hydrogen-bond donors (Lipinski definition) is 1. The number of halogens is 1. The molecule has 2 heterocycles. The largest absolute Gasteiger partial charge is 0.348 e. The van der Waals surface area contributed by atoms with Gasteiger partial charge in [0.15, 0.2) is 12.4 Å². The summed E-state index contributed by atoms with van der Waals surface area (Å²) in [5.74, 6) is -0.300. The summed E-state index contributed by atoms with van der Waals surface area (Å²) in [6.07, 6.45) is 0.397. The minimum atomic E-state index is -1.27. The van der Waals surface area contributed by atoms with Crippen molar-refractivity contribution in [3.05, 3.63) is 33.1 Å². The molecule has 0 saturated carbocycles. The average Bonchev–Trinajstić information content (AvgIpc) is 2.64. The molecule has 0 bridgehead atoms. The molecule has 1 aliphatic rings. The van der Waals surface area contributed by atoms with E-state index in [0.717, 1.165) is 4.57 Å². The third kappa shape index (κ3) is 2.14. The van der Waals surface area contributed by atoms with E-state index in [2.05, 4.69) is 4.98 Å². The highest BCUT2D eigenvalue weighted by Gasteiger charge is 2.52. The van der Waals surface area contributed by atoms with Gasteiger partial charge in [-0.25, -0.2) is 9.18 Å². The molecular formula is C13H19FN2O3. The molecule has 1 fully saturated rings. The minimum Gasteiger partial charge on any atom is -0.348 e. The summed E-state index contributed by atoms with van der Waals surface area (Å²) in [5.41, 5.74) is -1.70. The Morgan fingerprint density at radius 1 is 1.42 bits per heavy atom. The van der Waals surface area contributed by atoms with Gasteiger partial charge in [0.2, 0.25) is 0 Å². The molecule has 1 saturated heterocycles. The lowest BCUT2D eigenvalue weighted by molar-refractivity contribution is -0.0936. The van der Waals surface area contributed by atoms with E-state index < -0.39 is 29.2 Å². The van der Waals surface area contributed by atoms with Crippen LogP contribution in [0.2, 0.25) is 0 Å². The van der Waals surface area contributed by atoms with Crippen LogP contribution in [0, 0.1) is 5.92 Å². The van der Waals surface area contributed by atoms with Crippen LogP contribution in [0.1, 0.15) is 39.8 Å². The number of rotatable bonds is 3. The van der Waals surface area contributed by atoms with Gasteiger partial charge in [0.05, 0.1) is 5.60 Å². The molecule has 6 heteroatoms. The Kier molecular flexibility index (Phi) is 3.62. The second kappa shape index (κ2) is 4.92. The van der Waals surface area contributed by atoms with Gasteiger partial charge in [0.25, 0.3) is 5.56 Å². The molecule has 2 rings (SSSR count). The summed E-state index contributed by atoms with van der Waals surface area (Å²) in [7, 11) is 0. The van der Waals surface area contributed by atoms with E-state index in [1.165, 1.54) is 12.3 Å². The first-order valence-electron chi connectivity index (χ1n) is 6.58. The second-order valence-corrected chi connectivity index (χ2v) is 5.03. The molecule has 3 atom stereocenters. The van der Waals surface area contributed by atoms with Crippen molar-refractivity contribution in [2.45, 2.75) is 51.6 Å². The molecular weight excluding hydrogens is 251 g/mol. The normalized spacial score (nSPS) is 29.6. The third-order valence-electron chi connectivity index (χ3n) is 4.26. The van der Waals surface area contributed by atoms with Gasteiger partial charge in [-0.3, -0.25) is 14.3 Å². The van der Waals surface area contributed by atoms with Crippen molar-refractivity contribution in [2.24, 2.45) is 5.92 Å². The third-order valence-corrected chi connectivity index (χ3v) is 4.26. The molecule has 0 radical (unpaired) electrons. The van der Waals surface area contributed by atoms with Gasteiger partial charge >= 0.3 is 5.69 Å². The van der Waals surface area contributed by atoms with Crippen molar-refractivity contribution >= 4 is 0 Å². The van der Waals surface area contributed by atoms with Crippen LogP contribution < -0.4 is 11.2 Å². The van der Waals surface area contributed by atoms with E-state index in [4.69, 9.17) is 4.74 Å². The zero-order chi connectivity index (χ0) is 14.2. The number of nitrogens with one attached hydrogen (secondary N) is 1. The van der Waals surface area contributed by atoms with Crippen molar-refractivity contribution in [1.82, 2.24) is 9.55 Å². The summed E-state index contributed by atoms with van der Waals surface area (Å²) >= 11 is 0. The maximum atomic E-state index is 14.4. The number of alkyl halides is 1. The van der Waals surface area contributed by atoms with Crippen LogP contribution in [0.3, 0.4) is 0 Å².